The molecule has 1 aromatic rings. The van der Waals surface area contributed by atoms with Crippen molar-refractivity contribution in [3.05, 3.63) is 30.3 Å². The van der Waals surface area contributed by atoms with E-state index in [4.69, 9.17) is 0 Å². The van der Waals surface area contributed by atoms with Crippen molar-refractivity contribution >= 4 is 11.7 Å². The van der Waals surface area contributed by atoms with E-state index < -0.39 is 0 Å². The molecular weight excluding hydrogens is 266 g/mol. The number of aliphatic hydroxyl groups excluding tert-OH is 1. The number of hydrogen-bond acceptors (Lipinski definition) is 3. The summed E-state index contributed by atoms with van der Waals surface area (Å²) in [6.07, 6.45) is 2.65. The van der Waals surface area contributed by atoms with Gasteiger partial charge in [0.1, 0.15) is 0 Å². The third-order valence-electron chi connectivity index (χ3n) is 4.07. The summed E-state index contributed by atoms with van der Waals surface area (Å²) in [6.45, 7) is 1.90. The van der Waals surface area contributed by atoms with Crippen LogP contribution in [-0.4, -0.2) is 43.9 Å². The van der Waals surface area contributed by atoms with Crippen LogP contribution >= 0.6 is 0 Å². The number of rotatable bonds is 6. The van der Waals surface area contributed by atoms with Gasteiger partial charge in [0.05, 0.1) is 6.10 Å². The number of carbonyl (C=O) groups is 1. The fourth-order valence-electron chi connectivity index (χ4n) is 2.69. The molecule has 1 saturated carbocycles. The first-order valence-electron chi connectivity index (χ1n) is 7.63. The number of para-hydroxylation sites is 1. The average molecular weight is 291 g/mol. The van der Waals surface area contributed by atoms with Crippen molar-refractivity contribution in [3.8, 4) is 0 Å². The molecule has 2 atom stereocenters. The molecule has 0 unspecified atom stereocenters. The van der Waals surface area contributed by atoms with Gasteiger partial charge in [-0.1, -0.05) is 24.6 Å². The van der Waals surface area contributed by atoms with Crippen LogP contribution in [0.4, 0.5) is 10.5 Å². The third kappa shape index (κ3) is 4.93. The molecular formula is C16H25N3O2. The predicted octanol–water partition coefficient (Wildman–Crippen LogP) is 1.58. The molecule has 2 rings (SSSR count). The first kappa shape index (κ1) is 15.6. The number of amides is 2. The first-order valence-corrected chi connectivity index (χ1v) is 7.63. The van der Waals surface area contributed by atoms with E-state index in [2.05, 4.69) is 15.5 Å². The van der Waals surface area contributed by atoms with Gasteiger partial charge in [-0.15, -0.1) is 0 Å². The molecule has 1 aliphatic carbocycles. The van der Waals surface area contributed by atoms with Crippen LogP contribution in [0.2, 0.25) is 0 Å². The highest BCUT2D eigenvalue weighted by atomic mass is 16.3. The molecule has 0 heterocycles. The lowest BCUT2D eigenvalue weighted by Gasteiger charge is -2.20. The number of aliphatic hydroxyl groups is 1. The molecule has 5 heteroatoms. The molecule has 1 aliphatic rings. The van der Waals surface area contributed by atoms with E-state index in [1.807, 2.05) is 37.4 Å². The van der Waals surface area contributed by atoms with Crippen LogP contribution in [-0.2, 0) is 0 Å². The highest BCUT2D eigenvalue weighted by Crippen LogP contribution is 2.24. The SMILES string of the molecule is CN(CCNC(=O)NC[C@H]1CCC[C@@H]1O)c1ccccc1. The summed E-state index contributed by atoms with van der Waals surface area (Å²) in [5.74, 6) is 0.211. The van der Waals surface area contributed by atoms with Gasteiger partial charge >= 0.3 is 6.03 Å². The Hall–Kier alpha value is -1.75. The highest BCUT2D eigenvalue weighted by Gasteiger charge is 2.25. The smallest absolute Gasteiger partial charge is 0.314 e. The Bertz CT molecular complexity index is 438. The second kappa shape index (κ2) is 7.88. The zero-order chi connectivity index (χ0) is 15.1. The van der Waals surface area contributed by atoms with Crippen molar-refractivity contribution in [2.24, 2.45) is 5.92 Å². The maximum absolute atomic E-state index is 11.7. The number of anilines is 1. The number of benzene rings is 1. The number of hydrogen-bond donors (Lipinski definition) is 3. The third-order valence-corrected chi connectivity index (χ3v) is 4.07. The number of carbonyl (C=O) groups excluding carboxylic acids is 1. The molecule has 0 aliphatic heterocycles. The average Bonchev–Trinajstić information content (AvgIpc) is 2.91. The van der Waals surface area contributed by atoms with E-state index in [9.17, 15) is 9.90 Å². The minimum atomic E-state index is -0.255. The molecule has 21 heavy (non-hydrogen) atoms. The number of nitrogens with one attached hydrogen (secondary N) is 2. The quantitative estimate of drug-likeness (QED) is 0.745. The van der Waals surface area contributed by atoms with Crippen molar-refractivity contribution in [2.45, 2.75) is 25.4 Å². The minimum absolute atomic E-state index is 0.157. The van der Waals surface area contributed by atoms with E-state index in [0.29, 0.717) is 13.1 Å². The van der Waals surface area contributed by atoms with E-state index >= 15 is 0 Å². The summed E-state index contributed by atoms with van der Waals surface area (Å²) < 4.78 is 0. The maximum atomic E-state index is 11.7. The highest BCUT2D eigenvalue weighted by molar-refractivity contribution is 5.73. The van der Waals surface area contributed by atoms with Gasteiger partial charge in [0.2, 0.25) is 0 Å². The summed E-state index contributed by atoms with van der Waals surface area (Å²) in [4.78, 5) is 13.8. The molecule has 0 radical (unpaired) electrons. The fraction of sp³-hybridized carbons (Fsp3) is 0.562. The summed E-state index contributed by atoms with van der Waals surface area (Å²) in [5.41, 5.74) is 1.13. The molecule has 5 nitrogen and oxygen atoms in total. The molecule has 1 fully saturated rings. The monoisotopic (exact) mass is 291 g/mol. The number of urea groups is 1. The maximum Gasteiger partial charge on any atom is 0.314 e. The Morgan fingerprint density at radius 2 is 2.05 bits per heavy atom. The van der Waals surface area contributed by atoms with E-state index in [1.165, 1.54) is 0 Å². The van der Waals surface area contributed by atoms with Crippen molar-refractivity contribution < 1.29 is 9.90 Å². The summed E-state index contributed by atoms with van der Waals surface area (Å²) in [5, 5.41) is 15.4. The van der Waals surface area contributed by atoms with Crippen LogP contribution < -0.4 is 15.5 Å². The Kier molecular flexibility index (Phi) is 5.87. The lowest BCUT2D eigenvalue weighted by Crippen LogP contribution is -2.42. The molecule has 0 bridgehead atoms. The largest absolute Gasteiger partial charge is 0.393 e. The standard InChI is InChI=1S/C16H25N3O2/c1-19(14-7-3-2-4-8-14)11-10-17-16(21)18-12-13-6-5-9-15(13)20/h2-4,7-8,13,15,20H,5-6,9-12H2,1H3,(H2,17,18,21)/t13-,15+/m1/s1. The van der Waals surface area contributed by atoms with Gasteiger partial charge in [0, 0.05) is 38.3 Å². The molecule has 0 spiro atoms. The van der Waals surface area contributed by atoms with Crippen LogP contribution in [0.15, 0.2) is 30.3 Å². The lowest BCUT2D eigenvalue weighted by atomic mass is 10.1. The first-order chi connectivity index (χ1) is 10.2. The van der Waals surface area contributed by atoms with Crippen molar-refractivity contribution in [1.82, 2.24) is 10.6 Å². The zero-order valence-corrected chi connectivity index (χ0v) is 12.6. The summed E-state index contributed by atoms with van der Waals surface area (Å²) >= 11 is 0. The topological polar surface area (TPSA) is 64.6 Å². The molecule has 1 aromatic carbocycles. The summed E-state index contributed by atoms with van der Waals surface area (Å²) in [7, 11) is 2.00. The lowest BCUT2D eigenvalue weighted by molar-refractivity contribution is 0.132. The second-order valence-corrected chi connectivity index (χ2v) is 5.65. The predicted molar refractivity (Wildman–Crippen MR) is 84.5 cm³/mol. The Balaban J connectivity index is 1.61. The van der Waals surface area contributed by atoms with Gasteiger partial charge in [-0.2, -0.15) is 0 Å². The Morgan fingerprint density at radius 3 is 2.71 bits per heavy atom. The Labute approximate surface area is 126 Å². The van der Waals surface area contributed by atoms with Gasteiger partial charge in [-0.25, -0.2) is 4.79 Å². The van der Waals surface area contributed by atoms with Gasteiger partial charge < -0.3 is 20.6 Å². The Morgan fingerprint density at radius 1 is 1.29 bits per heavy atom. The van der Waals surface area contributed by atoms with Crippen LogP contribution in [0.5, 0.6) is 0 Å². The normalized spacial score (nSPS) is 21.0. The van der Waals surface area contributed by atoms with E-state index in [-0.39, 0.29) is 18.1 Å². The van der Waals surface area contributed by atoms with E-state index in [1.54, 1.807) is 0 Å². The summed E-state index contributed by atoms with van der Waals surface area (Å²) in [6, 6.07) is 9.91. The molecule has 0 aromatic heterocycles. The zero-order valence-electron chi connectivity index (χ0n) is 12.6. The van der Waals surface area contributed by atoms with Crippen molar-refractivity contribution in [1.29, 1.82) is 0 Å². The molecule has 0 saturated heterocycles. The molecule has 3 N–H and O–H groups in total. The van der Waals surface area contributed by atoms with E-state index in [0.717, 1.165) is 31.5 Å². The number of likely N-dealkylation sites (N-methyl/N-ethyl adjacent to an activating group) is 1. The van der Waals surface area contributed by atoms with Gasteiger partial charge in [-0.05, 0) is 25.0 Å². The fourth-order valence-corrected chi connectivity index (χ4v) is 2.69. The van der Waals surface area contributed by atoms with Crippen molar-refractivity contribution in [2.75, 3.05) is 31.6 Å². The van der Waals surface area contributed by atoms with Gasteiger partial charge in [0.15, 0.2) is 0 Å². The molecule has 116 valence electrons. The van der Waals surface area contributed by atoms with Gasteiger partial charge in [-0.3, -0.25) is 0 Å². The van der Waals surface area contributed by atoms with Crippen LogP contribution in [0, 0.1) is 5.92 Å². The van der Waals surface area contributed by atoms with Gasteiger partial charge in [0.25, 0.3) is 0 Å². The second-order valence-electron chi connectivity index (χ2n) is 5.65. The molecule has 2 amide bonds. The van der Waals surface area contributed by atoms with Crippen LogP contribution in [0.3, 0.4) is 0 Å². The van der Waals surface area contributed by atoms with Crippen molar-refractivity contribution in [3.63, 3.8) is 0 Å². The van der Waals surface area contributed by atoms with Crippen LogP contribution in [0.1, 0.15) is 19.3 Å². The minimum Gasteiger partial charge on any atom is -0.393 e. The number of nitrogens with zero attached hydrogens (tertiary/aromatic N) is 1. The van der Waals surface area contributed by atoms with Crippen LogP contribution in [0.25, 0.3) is 0 Å².